The van der Waals surface area contributed by atoms with Crippen molar-refractivity contribution < 1.29 is 27.2 Å². The molecule has 1 unspecified atom stereocenters. The Morgan fingerprint density at radius 3 is 2.64 bits per heavy atom. The van der Waals surface area contributed by atoms with Gasteiger partial charge in [-0.25, -0.2) is 22.6 Å². The monoisotopic (exact) mass is 406 g/mol. The second kappa shape index (κ2) is 6.17. The number of carbonyl (C=O) groups excluding carboxylic acids is 2. The van der Waals surface area contributed by atoms with Crippen molar-refractivity contribution in [1.29, 1.82) is 0 Å². The maximum atomic E-state index is 13.0. The molecule has 11 heteroatoms. The maximum absolute atomic E-state index is 13.0. The van der Waals surface area contributed by atoms with Gasteiger partial charge in [0.15, 0.2) is 0 Å². The minimum atomic E-state index is -3.76. The highest BCUT2D eigenvalue weighted by atomic mass is 32.2. The van der Waals surface area contributed by atoms with Crippen LogP contribution in [0.3, 0.4) is 0 Å². The highest BCUT2D eigenvalue weighted by Crippen LogP contribution is 2.36. The molecule has 0 saturated heterocycles. The highest BCUT2D eigenvalue weighted by Gasteiger charge is 2.48. The van der Waals surface area contributed by atoms with Crippen LogP contribution in [-0.4, -0.2) is 58.4 Å². The van der Waals surface area contributed by atoms with E-state index >= 15 is 0 Å². The lowest BCUT2D eigenvalue weighted by atomic mass is 9.94. The third kappa shape index (κ3) is 3.10. The molecule has 1 aromatic heterocycles. The zero-order chi connectivity index (χ0) is 20.3. The van der Waals surface area contributed by atoms with Crippen LogP contribution in [0.2, 0.25) is 0 Å². The van der Waals surface area contributed by atoms with E-state index in [4.69, 9.17) is 0 Å². The van der Waals surface area contributed by atoms with E-state index in [9.17, 15) is 18.0 Å². The molecule has 0 aromatic carbocycles. The fraction of sp³-hybridized carbons (Fsp3) is 0.471. The van der Waals surface area contributed by atoms with Crippen LogP contribution in [0.15, 0.2) is 27.8 Å². The van der Waals surface area contributed by atoms with E-state index in [1.165, 1.54) is 22.8 Å². The Bertz CT molecular complexity index is 1080. The maximum Gasteiger partial charge on any atom is 0.501 e. The second-order valence-electron chi connectivity index (χ2n) is 7.53. The third-order valence-electron chi connectivity index (χ3n) is 5.25. The summed E-state index contributed by atoms with van der Waals surface area (Å²) in [6.45, 7) is 3.39. The Labute approximate surface area is 161 Å². The lowest BCUT2D eigenvalue weighted by Gasteiger charge is -2.26. The van der Waals surface area contributed by atoms with Gasteiger partial charge in [0.1, 0.15) is 29.6 Å². The van der Waals surface area contributed by atoms with E-state index < -0.39 is 33.4 Å². The number of hydrogen-bond acceptors (Lipinski definition) is 7. The average molecular weight is 406 g/mol. The lowest BCUT2D eigenvalue weighted by Crippen LogP contribution is -2.53. The molecule has 28 heavy (non-hydrogen) atoms. The first-order valence-corrected chi connectivity index (χ1v) is 10.3. The van der Waals surface area contributed by atoms with Crippen LogP contribution in [0.25, 0.3) is 0 Å². The minimum absolute atomic E-state index is 0.0182. The number of allylic oxidation sites excluding steroid dienone is 2. The average Bonchev–Trinajstić information content (AvgIpc) is 3.22. The van der Waals surface area contributed by atoms with Crippen molar-refractivity contribution in [2.75, 3.05) is 7.05 Å². The Hall–Kier alpha value is -2.66. The smallest absolute Gasteiger partial charge is 0.245 e. The Kier molecular flexibility index (Phi) is 4.12. The molecular weight excluding hydrogens is 386 g/mol. The summed E-state index contributed by atoms with van der Waals surface area (Å²) in [6, 6.07) is -0.522. The summed E-state index contributed by atoms with van der Waals surface area (Å²) < 4.78 is 34.0. The van der Waals surface area contributed by atoms with Crippen LogP contribution >= 0.6 is 0 Å². The summed E-state index contributed by atoms with van der Waals surface area (Å²) in [6.07, 6.45) is 5.86. The summed E-state index contributed by atoms with van der Waals surface area (Å²) in [7, 11) is -2.22. The van der Waals surface area contributed by atoms with Gasteiger partial charge in [-0.3, -0.25) is 0 Å². The number of amides is 3. The fourth-order valence-corrected chi connectivity index (χ4v) is 4.72. The van der Waals surface area contributed by atoms with Crippen molar-refractivity contribution in [2.45, 2.75) is 38.8 Å². The number of carbonyl (C=O) groups is 2. The highest BCUT2D eigenvalue weighted by molar-refractivity contribution is 7.93. The number of rotatable bonds is 5. The number of nitrogens with one attached hydrogen (secondary N) is 1. The third-order valence-corrected chi connectivity index (χ3v) is 6.90. The molecule has 0 spiro atoms. The number of imide groups is 1. The molecule has 2 aliphatic carbocycles. The molecule has 1 atom stereocenters. The number of aromatic nitrogens is 2. The van der Waals surface area contributed by atoms with Crippen LogP contribution in [0, 0.1) is 12.8 Å². The van der Waals surface area contributed by atoms with Crippen molar-refractivity contribution in [3.05, 3.63) is 34.5 Å². The van der Waals surface area contributed by atoms with Crippen LogP contribution in [0.5, 0.6) is 0 Å². The van der Waals surface area contributed by atoms with Gasteiger partial charge < -0.3 is 0 Å². The molecular formula is C17H20N5O5S+. The fourth-order valence-electron chi connectivity index (χ4n) is 3.19. The van der Waals surface area contributed by atoms with Gasteiger partial charge >= 0.3 is 11.9 Å². The zero-order valence-electron chi connectivity index (χ0n) is 15.7. The predicted octanol–water partition coefficient (Wildman–Crippen LogP) is 0.465. The van der Waals surface area contributed by atoms with Crippen molar-refractivity contribution in [1.82, 2.24) is 19.9 Å². The van der Waals surface area contributed by atoms with Gasteiger partial charge in [0.2, 0.25) is 10.0 Å². The summed E-state index contributed by atoms with van der Waals surface area (Å²) in [5.41, 5.74) is 0.842. The molecule has 10 nitrogen and oxygen atoms in total. The molecule has 0 radical (unpaired) electrons. The molecule has 3 aliphatic rings. The van der Waals surface area contributed by atoms with Crippen molar-refractivity contribution in [3.63, 3.8) is 0 Å². The summed E-state index contributed by atoms with van der Waals surface area (Å²) >= 11 is 0. The van der Waals surface area contributed by atoms with Gasteiger partial charge in [-0.2, -0.15) is 14.3 Å². The number of fused-ring (bicyclic) bond motifs is 1. The van der Waals surface area contributed by atoms with Crippen LogP contribution < -0.4 is 4.72 Å². The van der Waals surface area contributed by atoms with Crippen molar-refractivity contribution in [3.8, 4) is 0 Å². The number of aryl methyl sites for hydroxylation is 1. The van der Waals surface area contributed by atoms with E-state index in [0.717, 1.165) is 17.7 Å². The van der Waals surface area contributed by atoms with Crippen LogP contribution in [-0.2, 0) is 21.4 Å². The molecule has 0 bridgehead atoms. The largest absolute Gasteiger partial charge is 0.501 e. The Balaban J connectivity index is 1.67. The number of nitrogens with zero attached hydrogens (tertiary/aromatic N) is 4. The van der Waals surface area contributed by atoms with Gasteiger partial charge in [0.05, 0.1) is 12.0 Å². The van der Waals surface area contributed by atoms with Gasteiger partial charge in [-0.05, 0) is 44.9 Å². The minimum Gasteiger partial charge on any atom is -0.245 e. The first kappa shape index (κ1) is 18.7. The molecule has 1 aliphatic heterocycles. The van der Waals surface area contributed by atoms with Crippen LogP contribution in [0.4, 0.5) is 4.79 Å². The van der Waals surface area contributed by atoms with E-state index in [-0.39, 0.29) is 11.4 Å². The number of urea groups is 1. The first-order chi connectivity index (χ1) is 13.1. The van der Waals surface area contributed by atoms with Gasteiger partial charge in [-0.15, -0.1) is 0 Å². The molecule has 2 heterocycles. The van der Waals surface area contributed by atoms with Gasteiger partial charge in [-0.1, -0.05) is 10.3 Å². The van der Waals surface area contributed by atoms with Crippen LogP contribution in [0.1, 0.15) is 31.2 Å². The molecule has 1 aromatic rings. The molecule has 148 valence electrons. The van der Waals surface area contributed by atoms with Gasteiger partial charge in [0.25, 0.3) is 0 Å². The summed E-state index contributed by atoms with van der Waals surface area (Å²) in [4.78, 5) is 26.7. The van der Waals surface area contributed by atoms with E-state index in [1.54, 1.807) is 14.0 Å². The lowest BCUT2D eigenvalue weighted by molar-refractivity contribution is -0.406. The van der Waals surface area contributed by atoms with E-state index in [2.05, 4.69) is 19.7 Å². The zero-order valence-corrected chi connectivity index (χ0v) is 16.5. The number of hydrogen-bond donors (Lipinski definition) is 1. The molecule has 1 N–H and O–H groups in total. The quantitative estimate of drug-likeness (QED) is 0.704. The summed E-state index contributed by atoms with van der Waals surface area (Å²) in [5.74, 6) is -1.40. The van der Waals surface area contributed by atoms with E-state index in [0.29, 0.717) is 17.1 Å². The normalized spacial score (nSPS) is 23.8. The Morgan fingerprint density at radius 1 is 1.32 bits per heavy atom. The van der Waals surface area contributed by atoms with Crippen molar-refractivity contribution in [2.24, 2.45) is 5.92 Å². The molecule has 3 amide bonds. The standard InChI is InChI=1S/C17H20N5O5S/c1-10-13(19-27-18-10)9-22-15(23)12-8-11(4-5-14(12)21(3)16(22)24)28(25,26)20-17(2)6-7-17/h4-5,8,12,20H,6-7,9H2,1-3H3/q+1. The number of sulfonamides is 1. The molecule has 1 fully saturated rings. The Morgan fingerprint density at radius 2 is 2.04 bits per heavy atom. The van der Waals surface area contributed by atoms with Crippen molar-refractivity contribution >= 4 is 27.7 Å². The predicted molar refractivity (Wildman–Crippen MR) is 96.6 cm³/mol. The first-order valence-electron chi connectivity index (χ1n) is 8.79. The molecule has 1 saturated carbocycles. The molecule has 4 rings (SSSR count). The summed E-state index contributed by atoms with van der Waals surface area (Å²) in [5, 5.41) is 7.37. The van der Waals surface area contributed by atoms with Gasteiger partial charge in [0, 0.05) is 5.54 Å². The topological polar surface area (TPSA) is 125 Å². The van der Waals surface area contributed by atoms with E-state index in [1.807, 2.05) is 6.92 Å². The SMILES string of the molecule is Cc1nonc1CN1C(=O)C2C=C(S(=O)(=O)NC3(C)CC3)C=CC2=[N+](C)C1=O. The second-order valence-corrected chi connectivity index (χ2v) is 9.22.